The highest BCUT2D eigenvalue weighted by Crippen LogP contribution is 2.30. The average molecular weight is 313 g/mol. The molecule has 1 amide bonds. The van der Waals surface area contributed by atoms with Crippen molar-refractivity contribution in [1.82, 2.24) is 14.9 Å². The van der Waals surface area contributed by atoms with E-state index < -0.39 is 0 Å². The van der Waals surface area contributed by atoms with E-state index in [1.807, 2.05) is 0 Å². The van der Waals surface area contributed by atoms with Gasteiger partial charge in [-0.2, -0.15) is 0 Å². The summed E-state index contributed by atoms with van der Waals surface area (Å²) in [7, 11) is 3.49. The zero-order valence-corrected chi connectivity index (χ0v) is 13.3. The number of halogens is 1. The lowest BCUT2D eigenvalue weighted by atomic mass is 10.3. The Hall–Kier alpha value is -1.40. The van der Waals surface area contributed by atoms with Crippen LogP contribution < -0.4 is 5.32 Å². The average Bonchev–Trinajstić information content (AvgIpc) is 2.81. The van der Waals surface area contributed by atoms with Crippen molar-refractivity contribution in [3.63, 3.8) is 0 Å². The van der Waals surface area contributed by atoms with E-state index in [0.29, 0.717) is 18.8 Å². The van der Waals surface area contributed by atoms with Gasteiger partial charge in [-0.05, 0) is 24.1 Å². The van der Waals surface area contributed by atoms with Gasteiger partial charge in [0, 0.05) is 31.9 Å². The van der Waals surface area contributed by atoms with E-state index >= 15 is 0 Å². The third-order valence-corrected chi connectivity index (χ3v) is 4.24. The summed E-state index contributed by atoms with van der Waals surface area (Å²) < 4.78 is 0. The summed E-state index contributed by atoms with van der Waals surface area (Å²) in [5.74, 6) is 0.774. The lowest BCUT2D eigenvalue weighted by molar-refractivity contribution is -0.128. The van der Waals surface area contributed by atoms with Crippen LogP contribution in [-0.4, -0.2) is 41.4 Å². The van der Waals surface area contributed by atoms with Gasteiger partial charge in [-0.3, -0.25) is 4.79 Å². The second-order valence-electron chi connectivity index (χ2n) is 4.59. The number of hydrogen-bond donors (Lipinski definition) is 1. The van der Waals surface area contributed by atoms with Gasteiger partial charge in [0.25, 0.3) is 0 Å². The van der Waals surface area contributed by atoms with Gasteiger partial charge in [0.2, 0.25) is 11.2 Å². The number of aryl methyl sites for hydroxylation is 1. The minimum atomic E-state index is 0.0773. The molecule has 5 nitrogen and oxygen atoms in total. The second-order valence-corrected chi connectivity index (χ2v) is 6.04. The minimum Gasteiger partial charge on any atom is -0.369 e. The molecule has 7 heteroatoms. The molecule has 0 aliphatic rings. The Bertz CT molecular complexity index is 626. The number of fused-ring (bicyclic) bond motifs is 1. The molecular weight excluding hydrogens is 296 g/mol. The molecule has 0 aromatic carbocycles. The molecule has 108 valence electrons. The van der Waals surface area contributed by atoms with Crippen LogP contribution in [0.4, 0.5) is 5.82 Å². The second kappa shape index (κ2) is 6.37. The van der Waals surface area contributed by atoms with E-state index in [-0.39, 0.29) is 11.2 Å². The Kier molecular flexibility index (Phi) is 4.77. The van der Waals surface area contributed by atoms with Crippen molar-refractivity contribution < 1.29 is 4.79 Å². The Labute approximate surface area is 127 Å². The molecule has 20 heavy (non-hydrogen) atoms. The van der Waals surface area contributed by atoms with Crippen molar-refractivity contribution in [2.45, 2.75) is 19.8 Å². The number of rotatable bonds is 5. The number of nitrogens with zero attached hydrogens (tertiary/aromatic N) is 3. The van der Waals surface area contributed by atoms with Crippen molar-refractivity contribution in [3.8, 4) is 0 Å². The maximum Gasteiger partial charge on any atom is 0.225 e. The number of nitrogens with one attached hydrogen (secondary N) is 1. The first-order valence-electron chi connectivity index (χ1n) is 6.41. The van der Waals surface area contributed by atoms with E-state index in [9.17, 15) is 4.79 Å². The molecule has 2 rings (SSSR count). The molecule has 0 saturated carbocycles. The number of carbonyl (C=O) groups is 1. The highest BCUT2D eigenvalue weighted by molar-refractivity contribution is 7.18. The largest absolute Gasteiger partial charge is 0.369 e. The molecule has 1 N–H and O–H groups in total. The van der Waals surface area contributed by atoms with E-state index in [2.05, 4.69) is 28.3 Å². The van der Waals surface area contributed by atoms with Crippen LogP contribution in [-0.2, 0) is 11.2 Å². The highest BCUT2D eigenvalue weighted by Gasteiger charge is 2.11. The lowest BCUT2D eigenvalue weighted by Gasteiger charge is -2.11. The van der Waals surface area contributed by atoms with Crippen LogP contribution in [0.1, 0.15) is 18.2 Å². The number of hydrogen-bond acceptors (Lipinski definition) is 5. The van der Waals surface area contributed by atoms with Crippen LogP contribution in [0, 0.1) is 0 Å². The molecule has 0 atom stereocenters. The zero-order valence-electron chi connectivity index (χ0n) is 11.7. The SMILES string of the molecule is CCc1cc2c(NCCC(=O)N(C)C)nc(Cl)nc2s1. The number of anilines is 1. The van der Waals surface area contributed by atoms with Crippen LogP contribution in [0.15, 0.2) is 6.07 Å². The van der Waals surface area contributed by atoms with Crippen LogP contribution in [0.25, 0.3) is 10.2 Å². The maximum absolute atomic E-state index is 11.5. The summed E-state index contributed by atoms with van der Waals surface area (Å²) in [6, 6.07) is 2.08. The van der Waals surface area contributed by atoms with Gasteiger partial charge in [-0.25, -0.2) is 9.97 Å². The van der Waals surface area contributed by atoms with Crippen molar-refractivity contribution in [2.75, 3.05) is 26.0 Å². The summed E-state index contributed by atoms with van der Waals surface area (Å²) in [6.45, 7) is 2.62. The molecular formula is C13H17ClN4OS. The van der Waals surface area contributed by atoms with E-state index in [4.69, 9.17) is 11.6 Å². The predicted molar refractivity (Wildman–Crippen MR) is 83.6 cm³/mol. The van der Waals surface area contributed by atoms with Crippen LogP contribution in [0.3, 0.4) is 0 Å². The smallest absolute Gasteiger partial charge is 0.225 e. The zero-order chi connectivity index (χ0) is 14.7. The summed E-state index contributed by atoms with van der Waals surface area (Å²) in [4.78, 5) is 23.7. The summed E-state index contributed by atoms with van der Waals surface area (Å²) in [5, 5.41) is 4.37. The first-order valence-corrected chi connectivity index (χ1v) is 7.60. The van der Waals surface area contributed by atoms with E-state index in [1.165, 1.54) is 4.88 Å². The van der Waals surface area contributed by atoms with Gasteiger partial charge in [0.05, 0.1) is 5.39 Å². The first-order chi connectivity index (χ1) is 9.51. The standard InChI is InChI=1S/C13H17ClN4OS/c1-4-8-7-9-11(15-6-5-10(19)18(2)3)16-13(14)17-12(9)20-8/h7H,4-6H2,1-3H3,(H,15,16,17). The number of aromatic nitrogens is 2. The van der Waals surface area contributed by atoms with Gasteiger partial charge in [-0.15, -0.1) is 11.3 Å². The Morgan fingerprint density at radius 3 is 2.85 bits per heavy atom. The summed E-state index contributed by atoms with van der Waals surface area (Å²) in [6.07, 6.45) is 1.37. The molecule has 0 radical (unpaired) electrons. The van der Waals surface area contributed by atoms with Crippen LogP contribution in [0.5, 0.6) is 0 Å². The van der Waals surface area contributed by atoms with Crippen molar-refractivity contribution in [2.24, 2.45) is 0 Å². The third-order valence-electron chi connectivity index (χ3n) is 2.90. The normalized spacial score (nSPS) is 10.8. The van der Waals surface area contributed by atoms with E-state index in [1.54, 1.807) is 30.3 Å². The third kappa shape index (κ3) is 3.37. The number of amides is 1. The van der Waals surface area contributed by atoms with Crippen LogP contribution in [0.2, 0.25) is 5.28 Å². The van der Waals surface area contributed by atoms with Gasteiger partial charge in [-0.1, -0.05) is 6.92 Å². The molecule has 2 aromatic heterocycles. The summed E-state index contributed by atoms with van der Waals surface area (Å²) in [5.41, 5.74) is 0. The Balaban J connectivity index is 2.16. The molecule has 0 aliphatic heterocycles. The predicted octanol–water partition coefficient (Wildman–Crippen LogP) is 2.80. The topological polar surface area (TPSA) is 58.1 Å². The first kappa shape index (κ1) is 15.0. The molecule has 0 saturated heterocycles. The van der Waals surface area contributed by atoms with Gasteiger partial charge >= 0.3 is 0 Å². The van der Waals surface area contributed by atoms with Crippen molar-refractivity contribution in [3.05, 3.63) is 16.2 Å². The molecule has 0 fully saturated rings. The molecule has 0 spiro atoms. The quantitative estimate of drug-likeness (QED) is 0.863. The Morgan fingerprint density at radius 1 is 1.45 bits per heavy atom. The van der Waals surface area contributed by atoms with Crippen molar-refractivity contribution >= 4 is 44.9 Å². The molecule has 0 bridgehead atoms. The fourth-order valence-corrected chi connectivity index (χ4v) is 2.95. The highest BCUT2D eigenvalue weighted by atomic mass is 35.5. The molecule has 0 aliphatic carbocycles. The van der Waals surface area contributed by atoms with E-state index in [0.717, 1.165) is 16.6 Å². The van der Waals surface area contributed by atoms with Crippen molar-refractivity contribution in [1.29, 1.82) is 0 Å². The molecule has 2 heterocycles. The van der Waals surface area contributed by atoms with Gasteiger partial charge in [0.15, 0.2) is 0 Å². The monoisotopic (exact) mass is 312 g/mol. The molecule has 0 unspecified atom stereocenters. The molecule has 2 aromatic rings. The number of thiophene rings is 1. The maximum atomic E-state index is 11.5. The lowest BCUT2D eigenvalue weighted by Crippen LogP contribution is -2.24. The fraction of sp³-hybridized carbons (Fsp3) is 0.462. The van der Waals surface area contributed by atoms with Gasteiger partial charge < -0.3 is 10.2 Å². The number of carbonyl (C=O) groups excluding carboxylic acids is 1. The van der Waals surface area contributed by atoms with Crippen LogP contribution >= 0.6 is 22.9 Å². The van der Waals surface area contributed by atoms with Gasteiger partial charge in [0.1, 0.15) is 10.6 Å². The Morgan fingerprint density at radius 2 is 2.20 bits per heavy atom. The summed E-state index contributed by atoms with van der Waals surface area (Å²) >= 11 is 7.56. The minimum absolute atomic E-state index is 0.0773. The fourth-order valence-electron chi connectivity index (χ4n) is 1.77.